The lowest BCUT2D eigenvalue weighted by Gasteiger charge is -2.28. The van der Waals surface area contributed by atoms with Crippen LogP contribution in [0.15, 0.2) is 42.5 Å². The minimum Gasteiger partial charge on any atom is -0.491 e. The first-order chi connectivity index (χ1) is 16.5. The Morgan fingerprint density at radius 2 is 1.71 bits per heavy atom. The fourth-order valence-corrected chi connectivity index (χ4v) is 5.26. The number of anilines is 2. The first-order valence-corrected chi connectivity index (χ1v) is 11.6. The molecule has 174 valence electrons. The summed E-state index contributed by atoms with van der Waals surface area (Å²) in [5.41, 5.74) is 2.04. The summed E-state index contributed by atoms with van der Waals surface area (Å²) in [6, 6.07) is 11.7. The van der Waals surface area contributed by atoms with Gasteiger partial charge in [-0.2, -0.15) is 0 Å². The molecule has 0 radical (unpaired) electrons. The van der Waals surface area contributed by atoms with Gasteiger partial charge in [-0.15, -0.1) is 0 Å². The zero-order valence-corrected chi connectivity index (χ0v) is 18.4. The lowest BCUT2D eigenvalue weighted by Crippen LogP contribution is -2.44. The van der Waals surface area contributed by atoms with E-state index in [0.29, 0.717) is 48.6 Å². The highest BCUT2D eigenvalue weighted by atomic mass is 16.6. The van der Waals surface area contributed by atoms with E-state index in [-0.39, 0.29) is 30.3 Å². The highest BCUT2D eigenvalue weighted by molar-refractivity contribution is 6.21. The molecule has 2 atom stereocenters. The minimum atomic E-state index is -0.674. The summed E-state index contributed by atoms with van der Waals surface area (Å²) in [5.74, 6) is -0.164. The van der Waals surface area contributed by atoms with Crippen LogP contribution in [-0.4, -0.2) is 60.6 Å². The average molecular weight is 461 g/mol. The van der Waals surface area contributed by atoms with Crippen LogP contribution in [0.5, 0.6) is 5.75 Å². The number of nitrogens with zero attached hydrogens (tertiary/aromatic N) is 3. The van der Waals surface area contributed by atoms with Gasteiger partial charge in [-0.3, -0.25) is 24.2 Å². The van der Waals surface area contributed by atoms with Crippen LogP contribution in [-0.2, 0) is 9.53 Å². The molecule has 0 bridgehead atoms. The zero-order chi connectivity index (χ0) is 23.4. The van der Waals surface area contributed by atoms with Gasteiger partial charge in [0, 0.05) is 31.1 Å². The van der Waals surface area contributed by atoms with E-state index >= 15 is 0 Å². The Labute approximate surface area is 195 Å². The molecule has 2 saturated heterocycles. The van der Waals surface area contributed by atoms with Gasteiger partial charge in [-0.25, -0.2) is 4.79 Å². The molecule has 9 nitrogen and oxygen atoms in total. The van der Waals surface area contributed by atoms with E-state index in [0.717, 1.165) is 23.4 Å². The van der Waals surface area contributed by atoms with Gasteiger partial charge < -0.3 is 14.4 Å². The second-order valence-corrected chi connectivity index (χ2v) is 8.92. The van der Waals surface area contributed by atoms with Crippen molar-refractivity contribution in [2.75, 3.05) is 29.5 Å². The number of amides is 4. The number of rotatable bonds is 3. The van der Waals surface area contributed by atoms with Crippen molar-refractivity contribution in [2.45, 2.75) is 37.8 Å². The summed E-state index contributed by atoms with van der Waals surface area (Å²) in [7, 11) is 0. The van der Waals surface area contributed by atoms with Crippen LogP contribution in [0.4, 0.5) is 16.2 Å². The third kappa shape index (κ3) is 3.14. The molecule has 0 spiro atoms. The van der Waals surface area contributed by atoms with Crippen LogP contribution >= 0.6 is 0 Å². The summed E-state index contributed by atoms with van der Waals surface area (Å²) >= 11 is 0. The molecule has 0 unspecified atom stereocenters. The van der Waals surface area contributed by atoms with Crippen LogP contribution in [0.3, 0.4) is 0 Å². The van der Waals surface area contributed by atoms with E-state index in [1.807, 2.05) is 6.07 Å². The number of imide groups is 1. The Kier molecular flexibility index (Phi) is 4.79. The van der Waals surface area contributed by atoms with Crippen LogP contribution in [0.2, 0.25) is 0 Å². The number of fused-ring (bicyclic) bond motifs is 4. The molecule has 4 amide bonds. The van der Waals surface area contributed by atoms with Gasteiger partial charge >= 0.3 is 6.09 Å². The van der Waals surface area contributed by atoms with Crippen molar-refractivity contribution in [1.29, 1.82) is 0 Å². The molecular formula is C25H23N3O6. The van der Waals surface area contributed by atoms with Gasteiger partial charge in [0.25, 0.3) is 11.8 Å². The highest BCUT2D eigenvalue weighted by Gasteiger charge is 2.48. The lowest BCUT2D eigenvalue weighted by atomic mass is 10.1. The maximum absolute atomic E-state index is 12.9. The number of hydrogen-bond acceptors (Lipinski definition) is 6. The average Bonchev–Trinajstić information content (AvgIpc) is 3.18. The number of carbonyl (C=O) groups excluding carboxylic acids is 4. The molecule has 2 fully saturated rings. The topological polar surface area (TPSA) is 96.5 Å². The van der Waals surface area contributed by atoms with E-state index in [4.69, 9.17) is 9.47 Å². The van der Waals surface area contributed by atoms with E-state index in [9.17, 15) is 19.2 Å². The number of carbonyl (C=O) groups is 4. The smallest absolute Gasteiger partial charge is 0.415 e. The van der Waals surface area contributed by atoms with Gasteiger partial charge in [-0.1, -0.05) is 12.1 Å². The van der Waals surface area contributed by atoms with Gasteiger partial charge in [-0.05, 0) is 37.1 Å². The number of ether oxygens (including phenoxy) is 2. The van der Waals surface area contributed by atoms with Crippen LogP contribution in [0.25, 0.3) is 0 Å². The van der Waals surface area contributed by atoms with Crippen molar-refractivity contribution < 1.29 is 28.7 Å². The molecule has 9 heteroatoms. The van der Waals surface area contributed by atoms with Gasteiger partial charge in [0.2, 0.25) is 5.91 Å². The Hall–Kier alpha value is -3.88. The first kappa shape index (κ1) is 20.7. The molecule has 34 heavy (non-hydrogen) atoms. The molecule has 4 aliphatic heterocycles. The van der Waals surface area contributed by atoms with Crippen LogP contribution in [0, 0.1) is 0 Å². The molecular weight excluding hydrogens is 438 g/mol. The molecule has 0 saturated carbocycles. The monoisotopic (exact) mass is 461 g/mol. The van der Waals surface area contributed by atoms with E-state index in [1.165, 1.54) is 0 Å². The molecule has 2 aromatic carbocycles. The Morgan fingerprint density at radius 3 is 2.44 bits per heavy atom. The largest absolute Gasteiger partial charge is 0.491 e. The molecule has 4 heterocycles. The Bertz CT molecular complexity index is 1190. The fraction of sp³-hybridized carbons (Fsp3) is 0.360. The van der Waals surface area contributed by atoms with Crippen molar-refractivity contribution in [3.63, 3.8) is 0 Å². The normalized spacial score (nSPS) is 23.8. The maximum atomic E-state index is 12.9. The molecule has 0 aromatic heterocycles. The van der Waals surface area contributed by atoms with E-state index in [1.54, 1.807) is 46.2 Å². The molecule has 2 aromatic rings. The maximum Gasteiger partial charge on any atom is 0.415 e. The summed E-state index contributed by atoms with van der Waals surface area (Å²) in [6.45, 7) is 0.976. The third-order valence-corrected chi connectivity index (χ3v) is 6.96. The van der Waals surface area contributed by atoms with E-state index < -0.39 is 12.2 Å². The van der Waals surface area contributed by atoms with Gasteiger partial charge in [0.15, 0.2) is 0 Å². The second-order valence-electron chi connectivity index (χ2n) is 8.92. The van der Waals surface area contributed by atoms with Crippen molar-refractivity contribution >= 4 is 35.2 Å². The third-order valence-electron chi connectivity index (χ3n) is 6.96. The SMILES string of the molecule is O=C1c2ccccc2C(=O)N1C[C@@H]1OC(=O)N2c3ccc(N4CCCCC4=O)cc3OCC[C@@H]12. The predicted molar refractivity (Wildman–Crippen MR) is 121 cm³/mol. The minimum absolute atomic E-state index is 0.0189. The number of hydrogen-bond donors (Lipinski definition) is 0. The summed E-state index contributed by atoms with van der Waals surface area (Å²) in [5, 5.41) is 0. The standard InChI is InChI=1S/C25H23N3O6/c29-22-7-3-4-11-26(22)15-8-9-18-20(13-15)33-12-10-19-21(34-25(32)28(18)19)14-27-23(30)16-5-1-2-6-17(16)24(27)31/h1-2,5-6,8-9,13,19,21H,3-4,7,10-12,14H2/t19-,21-/m0/s1. The summed E-state index contributed by atoms with van der Waals surface area (Å²) in [4.78, 5) is 55.4. The quantitative estimate of drug-likeness (QED) is 0.652. The molecule has 4 aliphatic rings. The first-order valence-electron chi connectivity index (χ1n) is 11.6. The predicted octanol–water partition coefficient (Wildman–Crippen LogP) is 2.98. The summed E-state index contributed by atoms with van der Waals surface area (Å²) < 4.78 is 11.6. The van der Waals surface area contributed by atoms with Crippen molar-refractivity contribution in [3.8, 4) is 5.75 Å². The van der Waals surface area contributed by atoms with Crippen molar-refractivity contribution in [3.05, 3.63) is 53.6 Å². The second kappa shape index (κ2) is 7.86. The van der Waals surface area contributed by atoms with Crippen LogP contribution in [0.1, 0.15) is 46.4 Å². The zero-order valence-electron chi connectivity index (χ0n) is 18.4. The van der Waals surface area contributed by atoms with Gasteiger partial charge in [0.1, 0.15) is 11.9 Å². The molecule has 0 aliphatic carbocycles. The number of cyclic esters (lactones) is 1. The summed E-state index contributed by atoms with van der Waals surface area (Å²) in [6.07, 6.45) is 1.63. The fourth-order valence-electron chi connectivity index (χ4n) is 5.26. The van der Waals surface area contributed by atoms with Crippen molar-refractivity contribution in [1.82, 2.24) is 4.90 Å². The number of benzene rings is 2. The highest BCUT2D eigenvalue weighted by Crippen LogP contribution is 2.41. The number of piperidine rings is 1. The van der Waals surface area contributed by atoms with Gasteiger partial charge in [0.05, 0.1) is 36.0 Å². The van der Waals surface area contributed by atoms with E-state index in [2.05, 4.69) is 0 Å². The lowest BCUT2D eigenvalue weighted by molar-refractivity contribution is -0.119. The molecule has 6 rings (SSSR count). The van der Waals surface area contributed by atoms with Crippen molar-refractivity contribution in [2.24, 2.45) is 0 Å². The van der Waals surface area contributed by atoms with Crippen LogP contribution < -0.4 is 14.5 Å². The Morgan fingerprint density at radius 1 is 0.941 bits per heavy atom. The Balaban J connectivity index is 1.26. The molecule has 0 N–H and O–H groups in total.